The molecule has 0 aliphatic heterocycles. The molecule has 4 aromatic rings. The largest absolute Gasteiger partial charge is 0.492 e. The quantitative estimate of drug-likeness (QED) is 0.325. The zero-order valence-corrected chi connectivity index (χ0v) is 21.5. The molecule has 0 saturated heterocycles. The van der Waals surface area contributed by atoms with Gasteiger partial charge in [0.05, 0.1) is 0 Å². The van der Waals surface area contributed by atoms with Gasteiger partial charge in [0, 0.05) is 36.3 Å². The van der Waals surface area contributed by atoms with Crippen LogP contribution in [0.25, 0.3) is 22.5 Å². The normalized spacial score (nSPS) is 11.1. The molecule has 0 radical (unpaired) electrons. The van der Waals surface area contributed by atoms with E-state index in [-0.39, 0.29) is 5.91 Å². The SMILES string of the molecule is CCc1ccc(NC(=O)c2ccc(-c3ccc(-c4noc(C)n4)cc3C)cc2)cc1OCCN(C)C. The van der Waals surface area contributed by atoms with E-state index in [4.69, 9.17) is 9.26 Å². The van der Waals surface area contributed by atoms with Crippen LogP contribution in [0.15, 0.2) is 65.2 Å². The van der Waals surface area contributed by atoms with Crippen molar-refractivity contribution in [3.8, 4) is 28.3 Å². The second-order valence-corrected chi connectivity index (χ2v) is 9.03. The van der Waals surface area contributed by atoms with E-state index in [0.717, 1.165) is 46.5 Å². The predicted octanol–water partition coefficient (Wildman–Crippen LogP) is 5.78. The molecule has 3 aromatic carbocycles. The van der Waals surface area contributed by atoms with Crippen molar-refractivity contribution in [3.05, 3.63) is 83.2 Å². The second-order valence-electron chi connectivity index (χ2n) is 9.03. The van der Waals surface area contributed by atoms with Crippen LogP contribution in [-0.2, 0) is 6.42 Å². The zero-order valence-electron chi connectivity index (χ0n) is 21.5. The number of anilines is 1. The highest BCUT2D eigenvalue weighted by Crippen LogP contribution is 2.28. The molecule has 7 nitrogen and oxygen atoms in total. The van der Waals surface area contributed by atoms with Gasteiger partial charge in [-0.05, 0) is 74.0 Å². The van der Waals surface area contributed by atoms with Gasteiger partial charge in [-0.1, -0.05) is 42.4 Å². The summed E-state index contributed by atoms with van der Waals surface area (Å²) in [5.74, 6) is 1.76. The first-order chi connectivity index (χ1) is 17.3. The van der Waals surface area contributed by atoms with Crippen LogP contribution in [0.2, 0.25) is 0 Å². The Hall–Kier alpha value is -3.97. The average molecular weight is 485 g/mol. The van der Waals surface area contributed by atoms with Crippen molar-refractivity contribution < 1.29 is 14.1 Å². The van der Waals surface area contributed by atoms with Crippen LogP contribution in [-0.4, -0.2) is 48.2 Å². The first kappa shape index (κ1) is 25.1. The van der Waals surface area contributed by atoms with Crippen molar-refractivity contribution in [2.75, 3.05) is 32.6 Å². The number of ether oxygens (including phenoxy) is 1. The fourth-order valence-electron chi connectivity index (χ4n) is 3.94. The van der Waals surface area contributed by atoms with Crippen LogP contribution in [0.4, 0.5) is 5.69 Å². The summed E-state index contributed by atoms with van der Waals surface area (Å²) in [6, 6.07) is 19.5. The second kappa shape index (κ2) is 11.2. The Kier molecular flexibility index (Phi) is 7.80. The summed E-state index contributed by atoms with van der Waals surface area (Å²) in [6.07, 6.45) is 0.863. The van der Waals surface area contributed by atoms with E-state index in [1.807, 2.05) is 81.7 Å². The monoisotopic (exact) mass is 484 g/mol. The molecule has 0 atom stereocenters. The van der Waals surface area contributed by atoms with Crippen molar-refractivity contribution in [1.29, 1.82) is 0 Å². The van der Waals surface area contributed by atoms with Crippen LogP contribution in [0.5, 0.6) is 5.75 Å². The highest BCUT2D eigenvalue weighted by Gasteiger charge is 2.12. The van der Waals surface area contributed by atoms with Gasteiger partial charge in [0.25, 0.3) is 5.91 Å². The highest BCUT2D eigenvalue weighted by molar-refractivity contribution is 6.04. The lowest BCUT2D eigenvalue weighted by atomic mass is 9.97. The molecule has 0 bridgehead atoms. The van der Waals surface area contributed by atoms with Gasteiger partial charge in [-0.2, -0.15) is 4.98 Å². The predicted molar refractivity (Wildman–Crippen MR) is 142 cm³/mol. The lowest BCUT2D eigenvalue weighted by Gasteiger charge is -2.15. The first-order valence-electron chi connectivity index (χ1n) is 12.1. The van der Waals surface area contributed by atoms with Crippen molar-refractivity contribution in [1.82, 2.24) is 15.0 Å². The minimum absolute atomic E-state index is 0.162. The van der Waals surface area contributed by atoms with Gasteiger partial charge in [0.2, 0.25) is 11.7 Å². The van der Waals surface area contributed by atoms with Crippen molar-refractivity contribution >= 4 is 11.6 Å². The number of amides is 1. The maximum absolute atomic E-state index is 12.9. The Morgan fingerprint density at radius 1 is 1.00 bits per heavy atom. The number of hydrogen-bond acceptors (Lipinski definition) is 6. The minimum atomic E-state index is -0.162. The molecule has 1 amide bonds. The lowest BCUT2D eigenvalue weighted by molar-refractivity contribution is 0.102. The number of nitrogens with one attached hydrogen (secondary N) is 1. The minimum Gasteiger partial charge on any atom is -0.492 e. The number of rotatable bonds is 9. The first-order valence-corrected chi connectivity index (χ1v) is 12.1. The summed E-state index contributed by atoms with van der Waals surface area (Å²) < 4.78 is 11.1. The fourth-order valence-corrected chi connectivity index (χ4v) is 3.94. The molecule has 186 valence electrons. The van der Waals surface area contributed by atoms with E-state index in [0.29, 0.717) is 29.6 Å². The van der Waals surface area contributed by atoms with E-state index in [2.05, 4.69) is 27.3 Å². The molecule has 1 N–H and O–H groups in total. The molecule has 4 rings (SSSR count). The third-order valence-electron chi connectivity index (χ3n) is 5.97. The number of benzene rings is 3. The third-order valence-corrected chi connectivity index (χ3v) is 5.97. The van der Waals surface area contributed by atoms with E-state index in [9.17, 15) is 4.79 Å². The number of carbonyl (C=O) groups excluding carboxylic acids is 1. The van der Waals surface area contributed by atoms with Crippen molar-refractivity contribution in [3.63, 3.8) is 0 Å². The molecule has 0 fully saturated rings. The summed E-state index contributed by atoms with van der Waals surface area (Å²) in [6.45, 7) is 7.33. The smallest absolute Gasteiger partial charge is 0.255 e. The molecular weight excluding hydrogens is 452 g/mol. The van der Waals surface area contributed by atoms with Gasteiger partial charge in [-0.3, -0.25) is 4.79 Å². The Morgan fingerprint density at radius 2 is 1.75 bits per heavy atom. The average Bonchev–Trinajstić information content (AvgIpc) is 3.30. The van der Waals surface area contributed by atoms with Crippen molar-refractivity contribution in [2.45, 2.75) is 27.2 Å². The Balaban J connectivity index is 1.46. The van der Waals surface area contributed by atoms with Crippen molar-refractivity contribution in [2.24, 2.45) is 0 Å². The van der Waals surface area contributed by atoms with E-state index in [1.54, 1.807) is 6.92 Å². The molecule has 7 heteroatoms. The summed E-state index contributed by atoms with van der Waals surface area (Å²) >= 11 is 0. The Bertz CT molecular complexity index is 1340. The topological polar surface area (TPSA) is 80.5 Å². The summed E-state index contributed by atoms with van der Waals surface area (Å²) in [4.78, 5) is 19.3. The fraction of sp³-hybridized carbons (Fsp3) is 0.276. The van der Waals surface area contributed by atoms with Crippen LogP contribution < -0.4 is 10.1 Å². The Labute approximate surface area is 212 Å². The number of carbonyl (C=O) groups is 1. The molecule has 1 heterocycles. The van der Waals surface area contributed by atoms with Gasteiger partial charge in [-0.25, -0.2) is 0 Å². The van der Waals surface area contributed by atoms with Gasteiger partial charge in [0.1, 0.15) is 12.4 Å². The summed E-state index contributed by atoms with van der Waals surface area (Å²) in [5.41, 5.74) is 6.53. The van der Waals surface area contributed by atoms with Crippen LogP contribution in [0.1, 0.15) is 34.3 Å². The molecule has 0 spiro atoms. The van der Waals surface area contributed by atoms with E-state index < -0.39 is 0 Å². The number of hydrogen-bond donors (Lipinski definition) is 1. The van der Waals surface area contributed by atoms with E-state index >= 15 is 0 Å². The molecule has 0 aliphatic carbocycles. The van der Waals surface area contributed by atoms with E-state index in [1.165, 1.54) is 0 Å². The number of aryl methyl sites for hydroxylation is 3. The van der Waals surface area contributed by atoms with Crippen LogP contribution in [0, 0.1) is 13.8 Å². The molecule has 0 aliphatic rings. The van der Waals surface area contributed by atoms with Crippen LogP contribution in [0.3, 0.4) is 0 Å². The summed E-state index contributed by atoms with van der Waals surface area (Å²) in [5, 5.41) is 6.99. The lowest BCUT2D eigenvalue weighted by Crippen LogP contribution is -2.20. The molecule has 0 saturated carbocycles. The van der Waals surface area contributed by atoms with Gasteiger partial charge in [-0.15, -0.1) is 0 Å². The maximum Gasteiger partial charge on any atom is 0.255 e. The number of likely N-dealkylation sites (N-methyl/N-ethyl adjacent to an activating group) is 1. The maximum atomic E-state index is 12.9. The standard InChI is InChI=1S/C29H32N4O3/c1-6-21-11-13-25(18-27(21)35-16-15-33(4)5)31-29(34)23-9-7-22(8-10-23)26-14-12-24(17-19(26)2)28-30-20(3)36-32-28/h7-14,17-18H,6,15-16H2,1-5H3,(H,31,34). The third kappa shape index (κ3) is 5.98. The van der Waals surface area contributed by atoms with Gasteiger partial charge < -0.3 is 19.5 Å². The zero-order chi connectivity index (χ0) is 25.7. The van der Waals surface area contributed by atoms with Crippen LogP contribution >= 0.6 is 0 Å². The highest BCUT2D eigenvalue weighted by atomic mass is 16.5. The summed E-state index contributed by atoms with van der Waals surface area (Å²) in [7, 11) is 4.03. The van der Waals surface area contributed by atoms with Gasteiger partial charge in [0.15, 0.2) is 0 Å². The molecule has 36 heavy (non-hydrogen) atoms. The van der Waals surface area contributed by atoms with Gasteiger partial charge >= 0.3 is 0 Å². The Morgan fingerprint density at radius 3 is 2.39 bits per heavy atom. The molecular formula is C29H32N4O3. The number of nitrogens with zero attached hydrogens (tertiary/aromatic N) is 3. The molecule has 1 aromatic heterocycles. The molecule has 0 unspecified atom stereocenters. The number of aromatic nitrogens is 2.